The number of esters is 2. The van der Waals surface area contributed by atoms with Crippen molar-refractivity contribution >= 4 is 169 Å². The molecule has 0 aliphatic heterocycles. The van der Waals surface area contributed by atoms with Crippen LogP contribution in [0.15, 0.2) is 142 Å². The molecule has 0 saturated carbocycles. The number of carbonyl (C=O) groups is 4. The smallest absolute Gasteiger partial charge is 0.337 e. The summed E-state index contributed by atoms with van der Waals surface area (Å²) in [7, 11) is 6.21. The first-order chi connectivity index (χ1) is 54.0. The van der Waals surface area contributed by atoms with E-state index in [0.717, 1.165) is 98.8 Å². The van der Waals surface area contributed by atoms with E-state index in [9.17, 15) is 39.6 Å². The molecule has 8 aromatic heterocycles. The van der Waals surface area contributed by atoms with E-state index in [0.29, 0.717) is 118 Å². The lowest BCUT2D eigenvalue weighted by atomic mass is 10.1. The number of ether oxygens (including phenoxy) is 2. The van der Waals surface area contributed by atoms with Gasteiger partial charge in [-0.25, -0.2) is 74.2 Å². The van der Waals surface area contributed by atoms with Gasteiger partial charge in [-0.05, 0) is 143 Å². The molecule has 12 rings (SSSR count). The van der Waals surface area contributed by atoms with Crippen LogP contribution in [0.1, 0.15) is 145 Å². The number of carboxylic acids is 1. The number of thioether (sulfide) groups is 4. The molecule has 0 saturated heterocycles. The minimum atomic E-state index is -0.940. The third-order valence-corrected chi connectivity index (χ3v) is 23.3. The average molecular weight is 1690 g/mol. The number of halogens is 1. The quantitative estimate of drug-likeness (QED) is 0.0180. The Hall–Kier alpha value is -7.87. The van der Waals surface area contributed by atoms with Crippen molar-refractivity contribution in [3.63, 3.8) is 0 Å². The van der Waals surface area contributed by atoms with E-state index >= 15 is 0 Å². The first kappa shape index (κ1) is 91.3. The topological polar surface area (TPSA) is 372 Å². The van der Waals surface area contributed by atoms with Crippen LogP contribution in [-0.4, -0.2) is 198 Å². The van der Waals surface area contributed by atoms with Crippen LogP contribution in [-0.2, 0) is 54.4 Å². The third kappa shape index (κ3) is 30.5. The Bertz CT molecular complexity index is 4890. The third-order valence-electron chi connectivity index (χ3n) is 16.2. The number of aryl methyl sites for hydroxylation is 7. The van der Waals surface area contributed by atoms with Gasteiger partial charge in [0.25, 0.3) is 5.91 Å². The fraction of sp³-hybridized carbons (Fsp3) is 0.385. The predicted octanol–water partition coefficient (Wildman–Crippen LogP) is 15.0. The minimum Gasteiger partial charge on any atom is -0.478 e. The molecule has 12 aromatic rings. The van der Waals surface area contributed by atoms with E-state index in [1.165, 1.54) is 43.3 Å². The van der Waals surface area contributed by atoms with Gasteiger partial charge in [0.1, 0.15) is 23.3 Å². The van der Waals surface area contributed by atoms with Crippen molar-refractivity contribution in [3.8, 4) is 0 Å². The summed E-state index contributed by atoms with van der Waals surface area (Å²) in [6, 6.07) is 21.0. The zero-order valence-electron chi connectivity index (χ0n) is 63.9. The van der Waals surface area contributed by atoms with Gasteiger partial charge in [0.05, 0.1) is 111 Å². The molecule has 0 aliphatic rings. The van der Waals surface area contributed by atoms with Crippen molar-refractivity contribution in [2.75, 3.05) is 59.9 Å². The van der Waals surface area contributed by atoms with Gasteiger partial charge in [-0.3, -0.25) is 4.79 Å². The van der Waals surface area contributed by atoms with Crippen molar-refractivity contribution in [3.05, 3.63) is 187 Å². The van der Waals surface area contributed by atoms with Crippen LogP contribution in [0.25, 0.3) is 40.9 Å². The summed E-state index contributed by atoms with van der Waals surface area (Å²) in [5.74, 6) is 1.35. The summed E-state index contributed by atoms with van der Waals surface area (Å²) < 4.78 is 13.5. The Labute approximate surface area is 689 Å². The molecular formula is C78H93ClN14O11S8. The van der Waals surface area contributed by atoms with Gasteiger partial charge in [0.15, 0.2) is 4.47 Å². The maximum atomic E-state index is 12.1. The fourth-order valence-corrected chi connectivity index (χ4v) is 15.5. The predicted molar refractivity (Wildman–Crippen MR) is 454 cm³/mol. The van der Waals surface area contributed by atoms with Crippen molar-refractivity contribution in [2.45, 2.75) is 154 Å². The summed E-state index contributed by atoms with van der Waals surface area (Å²) in [6.45, 7) is 4.54. The number of aliphatic hydroxyl groups excluding tert-OH is 4. The molecule has 0 spiro atoms. The first-order valence-electron chi connectivity index (χ1n) is 35.7. The number of carbonyl (C=O) groups excluding carboxylic acids is 3. The number of fused-ring (bicyclic) bond motifs is 4. The van der Waals surface area contributed by atoms with Gasteiger partial charge in [-0.15, -0.1) is 92.4 Å². The van der Waals surface area contributed by atoms with E-state index in [-0.39, 0.29) is 23.4 Å². The highest BCUT2D eigenvalue weighted by atomic mass is 35.5. The second-order valence-corrected chi connectivity index (χ2v) is 33.5. The number of aliphatic hydroxyl groups is 4. The van der Waals surface area contributed by atoms with Crippen LogP contribution in [0.3, 0.4) is 0 Å². The molecule has 34 heteroatoms. The number of nitrogens with zero attached hydrogens (tertiary/aromatic N) is 13. The zero-order chi connectivity index (χ0) is 81.1. The second-order valence-electron chi connectivity index (χ2n) is 25.0. The molecule has 7 N–H and O–H groups in total. The molecule has 25 nitrogen and oxygen atoms in total. The summed E-state index contributed by atoms with van der Waals surface area (Å²) in [5, 5.41) is 51.9. The highest BCUT2D eigenvalue weighted by Crippen LogP contribution is 2.30. The Balaban J connectivity index is 0.000000197. The van der Waals surface area contributed by atoms with E-state index in [2.05, 4.69) is 78.4 Å². The molecule has 4 atom stereocenters. The van der Waals surface area contributed by atoms with Crippen molar-refractivity contribution < 1.29 is 54.2 Å². The molecule has 4 aromatic carbocycles. The normalized spacial score (nSPS) is 12.0. The number of nitrogens with two attached hydrogens (primary N) is 1. The number of aromatic carboxylic acids is 1. The molecule has 0 aliphatic carbocycles. The van der Waals surface area contributed by atoms with Crippen LogP contribution >= 0.6 is 104 Å². The number of methoxy groups -OCH3 is 2. The van der Waals surface area contributed by atoms with Crippen LogP contribution in [0, 0.1) is 0 Å². The molecule has 0 fully saturated rings. The maximum Gasteiger partial charge on any atom is 0.337 e. The Morgan fingerprint density at radius 2 is 0.696 bits per heavy atom. The van der Waals surface area contributed by atoms with Crippen LogP contribution in [0.5, 0.6) is 0 Å². The summed E-state index contributed by atoms with van der Waals surface area (Å²) in [6.07, 6.45) is 30.9. The SMILES string of the molecule is CCC.COC(=O)c1ccc2nc(CC[C@H](O)CCc3ncc(SC)cn3)sc2c1.COC(=O)c1ccc2nc(Cl)sc2c1.CSc1cnc(CC[C@@H](O)CCc2nc3ccc(C(=O)N(C)C)cc3s2)nc1.CSc1cnc(CC[C@@H](O)CCc2nc3ccc(C(=O)O)cc3s2)nc1.CSc1cnc(CC[C@@H](O)CN)nc1. The molecule has 0 bridgehead atoms. The first-order valence-corrected chi connectivity index (χ1v) is 44.2. The van der Waals surface area contributed by atoms with Crippen LogP contribution in [0.4, 0.5) is 0 Å². The molecular weight excluding hydrogens is 1600 g/mol. The molecule has 0 radical (unpaired) electrons. The lowest BCUT2D eigenvalue weighted by molar-refractivity contribution is 0.0592. The average Bonchev–Trinajstić information content (AvgIpc) is 1.69. The zero-order valence-corrected chi connectivity index (χ0v) is 71.2. The Morgan fingerprint density at radius 3 is 0.991 bits per heavy atom. The second kappa shape index (κ2) is 48.4. The summed E-state index contributed by atoms with van der Waals surface area (Å²) in [4.78, 5) is 104. The van der Waals surface area contributed by atoms with Gasteiger partial charge in [0.2, 0.25) is 0 Å². The van der Waals surface area contributed by atoms with E-state index in [1.54, 1.807) is 162 Å². The van der Waals surface area contributed by atoms with Crippen LogP contribution in [0.2, 0.25) is 4.47 Å². The van der Waals surface area contributed by atoms with E-state index in [1.807, 2.05) is 74.1 Å². The molecule has 1 amide bonds. The lowest BCUT2D eigenvalue weighted by Crippen LogP contribution is -2.21. The standard InChI is InChI=1S/C20H24N4O2S2.C19H21N3O3S2.C18H19N3O3S2.C9H6ClNO2S.C9H15N3OS.C3H8/c1-24(2)20(26)13-4-7-16-17(10-13)28-19(23-16)9-6-14(25)5-8-18-21-11-15(27-3)12-22-18;1-25-19(24)12-3-6-15-16(9-12)27-18(22-15)8-5-13(23)4-7-17-20-10-14(26-2)11-21-17;1-25-13-9-19-16(20-10-13)6-3-12(22)4-7-17-21-14-5-2-11(18(23)24)8-15(14)26-17;1-13-8(12)5-2-3-6-7(4-5)14-9(10)11-6;1-14-8-5-11-9(12-6-8)3-2-7(13)4-10;1-3-2/h4,7,10-12,14,25H,5-6,8-9H2,1-3H3;3,6,9-11,13,23H,4-5,7-8H2,1-2H3;2,5,8-10,12,22H,3-4,6-7H2,1H3,(H,23,24);2-4H,1H3;5-7,13H,2-4,10H2,1H3;3H2,1-2H3/t14-;13-;12-;;7-;/m111.1./s1. The number of hydrogen-bond donors (Lipinski definition) is 6. The number of amides is 1. The lowest BCUT2D eigenvalue weighted by Gasteiger charge is -2.09. The van der Waals surface area contributed by atoms with Crippen molar-refractivity contribution in [2.24, 2.45) is 5.73 Å². The van der Waals surface area contributed by atoms with Crippen LogP contribution < -0.4 is 5.73 Å². The monoisotopic (exact) mass is 1690 g/mol. The number of aromatic nitrogens is 12. The highest BCUT2D eigenvalue weighted by Gasteiger charge is 2.18. The van der Waals surface area contributed by atoms with Gasteiger partial charge >= 0.3 is 17.9 Å². The van der Waals surface area contributed by atoms with Gasteiger partial charge in [-0.1, -0.05) is 31.9 Å². The fourth-order valence-electron chi connectivity index (χ4n) is 10.1. The number of thiazole rings is 4. The number of carboxylic acid groups (broad SMARTS) is 1. The molecule has 596 valence electrons. The van der Waals surface area contributed by atoms with E-state index < -0.39 is 30.4 Å². The van der Waals surface area contributed by atoms with Gasteiger partial charge in [0, 0.05) is 140 Å². The molecule has 0 unspecified atom stereocenters. The number of hydrogen-bond acceptors (Lipinski definition) is 31. The Kier molecular flexibility index (Phi) is 39.4. The molecule has 8 heterocycles. The van der Waals surface area contributed by atoms with Crippen molar-refractivity contribution in [1.29, 1.82) is 0 Å². The van der Waals surface area contributed by atoms with Gasteiger partial charge in [-0.2, -0.15) is 0 Å². The molecule has 112 heavy (non-hydrogen) atoms. The number of benzene rings is 4. The Morgan fingerprint density at radius 1 is 0.429 bits per heavy atom. The minimum absolute atomic E-state index is 0.0138. The highest BCUT2D eigenvalue weighted by molar-refractivity contribution is 7.99. The summed E-state index contributed by atoms with van der Waals surface area (Å²) >= 11 is 18.1. The summed E-state index contributed by atoms with van der Waals surface area (Å²) in [5.41, 5.74) is 10.6. The van der Waals surface area contributed by atoms with Gasteiger partial charge < -0.3 is 45.6 Å². The largest absolute Gasteiger partial charge is 0.478 e. The number of rotatable bonds is 30. The van der Waals surface area contributed by atoms with Crippen molar-refractivity contribution in [1.82, 2.24) is 64.7 Å². The maximum absolute atomic E-state index is 12.1. The van der Waals surface area contributed by atoms with E-state index in [4.69, 9.17) is 27.2 Å².